The van der Waals surface area contributed by atoms with Crippen molar-refractivity contribution in [1.29, 1.82) is 0 Å². The number of halogens is 1. The van der Waals surface area contributed by atoms with Gasteiger partial charge in [-0.2, -0.15) is 0 Å². The van der Waals surface area contributed by atoms with Gasteiger partial charge in [0.15, 0.2) is 0 Å². The smallest absolute Gasteiger partial charge is 0.220 e. The summed E-state index contributed by atoms with van der Waals surface area (Å²) in [6, 6.07) is 4.54. The van der Waals surface area contributed by atoms with E-state index in [1.165, 1.54) is 4.88 Å². The zero-order valence-corrected chi connectivity index (χ0v) is 13.6. The number of amides is 1. The van der Waals surface area contributed by atoms with Crippen LogP contribution in [0.5, 0.6) is 0 Å². The highest BCUT2D eigenvalue weighted by Crippen LogP contribution is 2.23. The third-order valence-electron chi connectivity index (χ3n) is 3.59. The molecule has 3 nitrogen and oxygen atoms in total. The Labute approximate surface area is 127 Å². The number of nitrogens with one attached hydrogen (secondary N) is 2. The summed E-state index contributed by atoms with van der Waals surface area (Å²) in [6.45, 7) is 4.22. The Morgan fingerprint density at radius 3 is 3.11 bits per heavy atom. The Hall–Kier alpha value is -0.390. The second-order valence-corrected chi connectivity index (χ2v) is 7.75. The van der Waals surface area contributed by atoms with E-state index in [4.69, 9.17) is 0 Å². The first-order valence-electron chi connectivity index (χ1n) is 6.89. The van der Waals surface area contributed by atoms with Crippen molar-refractivity contribution in [3.8, 4) is 0 Å². The van der Waals surface area contributed by atoms with Crippen LogP contribution in [-0.4, -0.2) is 25.0 Å². The monoisotopic (exact) mass is 344 g/mol. The van der Waals surface area contributed by atoms with Crippen LogP contribution in [-0.2, 0) is 11.2 Å². The first-order chi connectivity index (χ1) is 9.15. The average Bonchev–Trinajstić information content (AvgIpc) is 2.78. The molecule has 0 aromatic carbocycles. The molecule has 1 aliphatic rings. The van der Waals surface area contributed by atoms with Gasteiger partial charge in [0.1, 0.15) is 0 Å². The molecule has 0 saturated carbocycles. The molecule has 1 aliphatic heterocycles. The van der Waals surface area contributed by atoms with Crippen molar-refractivity contribution in [1.82, 2.24) is 10.6 Å². The minimum Gasteiger partial charge on any atom is -0.353 e. The second-order valence-electron chi connectivity index (χ2n) is 5.20. The van der Waals surface area contributed by atoms with Gasteiger partial charge in [0.25, 0.3) is 0 Å². The standard InChI is InChI=1S/C14H21BrN2OS/c1-10-9-16-8-7-12(10)17-14(18)4-2-3-11-5-6-13(15)19-11/h5-6,10,12,16H,2-4,7-9H2,1H3,(H,17,18). The summed E-state index contributed by atoms with van der Waals surface area (Å²) in [6.07, 6.45) is 3.60. The Morgan fingerprint density at radius 1 is 1.58 bits per heavy atom. The van der Waals surface area contributed by atoms with E-state index < -0.39 is 0 Å². The van der Waals surface area contributed by atoms with E-state index in [9.17, 15) is 4.79 Å². The molecule has 1 fully saturated rings. The number of hydrogen-bond acceptors (Lipinski definition) is 3. The number of thiophene rings is 1. The van der Waals surface area contributed by atoms with Crippen LogP contribution in [0.25, 0.3) is 0 Å². The molecule has 0 spiro atoms. The fourth-order valence-corrected chi connectivity index (χ4v) is 3.94. The molecule has 2 heterocycles. The summed E-state index contributed by atoms with van der Waals surface area (Å²) in [5, 5.41) is 6.53. The van der Waals surface area contributed by atoms with E-state index in [1.807, 2.05) is 0 Å². The number of hydrogen-bond donors (Lipinski definition) is 2. The van der Waals surface area contributed by atoms with E-state index in [1.54, 1.807) is 11.3 Å². The maximum Gasteiger partial charge on any atom is 0.220 e. The second kappa shape index (κ2) is 7.41. The predicted octanol–water partition coefficient (Wildman–Crippen LogP) is 2.95. The van der Waals surface area contributed by atoms with Gasteiger partial charge in [-0.25, -0.2) is 0 Å². The molecule has 0 radical (unpaired) electrons. The van der Waals surface area contributed by atoms with Gasteiger partial charge in [0.05, 0.1) is 3.79 Å². The van der Waals surface area contributed by atoms with Crippen LogP contribution in [0, 0.1) is 5.92 Å². The molecular weight excluding hydrogens is 324 g/mol. The zero-order chi connectivity index (χ0) is 13.7. The van der Waals surface area contributed by atoms with Crippen molar-refractivity contribution in [2.24, 2.45) is 5.92 Å². The van der Waals surface area contributed by atoms with Crippen LogP contribution < -0.4 is 10.6 Å². The third-order valence-corrected chi connectivity index (χ3v) is 5.27. The van der Waals surface area contributed by atoms with Crippen molar-refractivity contribution in [2.75, 3.05) is 13.1 Å². The molecule has 1 aromatic rings. The summed E-state index contributed by atoms with van der Waals surface area (Å²) < 4.78 is 1.16. The highest BCUT2D eigenvalue weighted by atomic mass is 79.9. The van der Waals surface area contributed by atoms with E-state index in [0.29, 0.717) is 18.4 Å². The lowest BCUT2D eigenvalue weighted by Gasteiger charge is -2.30. The van der Waals surface area contributed by atoms with E-state index in [0.717, 1.165) is 36.1 Å². The lowest BCUT2D eigenvalue weighted by molar-refractivity contribution is -0.122. The van der Waals surface area contributed by atoms with Gasteiger partial charge in [-0.15, -0.1) is 11.3 Å². The maximum absolute atomic E-state index is 11.9. The third kappa shape index (κ3) is 4.89. The maximum atomic E-state index is 11.9. The largest absolute Gasteiger partial charge is 0.353 e. The van der Waals surface area contributed by atoms with Crippen LogP contribution in [0.4, 0.5) is 0 Å². The van der Waals surface area contributed by atoms with Gasteiger partial charge in [-0.05, 0) is 66.3 Å². The zero-order valence-electron chi connectivity index (χ0n) is 11.2. The molecule has 0 aliphatic carbocycles. The molecule has 1 amide bonds. The van der Waals surface area contributed by atoms with Crippen LogP contribution >= 0.6 is 27.3 Å². The summed E-state index contributed by atoms with van der Waals surface area (Å²) in [5.74, 6) is 0.736. The Morgan fingerprint density at radius 2 is 2.42 bits per heavy atom. The Kier molecular flexibility index (Phi) is 5.85. The molecule has 1 aromatic heterocycles. The highest BCUT2D eigenvalue weighted by Gasteiger charge is 2.22. The van der Waals surface area contributed by atoms with E-state index >= 15 is 0 Å². The van der Waals surface area contributed by atoms with Gasteiger partial charge in [0, 0.05) is 17.3 Å². The van der Waals surface area contributed by atoms with Gasteiger partial charge < -0.3 is 10.6 Å². The first-order valence-corrected chi connectivity index (χ1v) is 8.50. The van der Waals surface area contributed by atoms with E-state index in [-0.39, 0.29) is 5.91 Å². The highest BCUT2D eigenvalue weighted by molar-refractivity contribution is 9.11. The topological polar surface area (TPSA) is 41.1 Å². The molecule has 19 heavy (non-hydrogen) atoms. The number of piperidine rings is 1. The van der Waals surface area contributed by atoms with Gasteiger partial charge in [-0.1, -0.05) is 6.92 Å². The molecular formula is C14H21BrN2OS. The summed E-state index contributed by atoms with van der Waals surface area (Å²) in [4.78, 5) is 13.3. The molecule has 2 N–H and O–H groups in total. The van der Waals surface area contributed by atoms with Crippen LogP contribution in [0.1, 0.15) is 31.1 Å². The average molecular weight is 345 g/mol. The minimum absolute atomic E-state index is 0.203. The van der Waals surface area contributed by atoms with Crippen LogP contribution in [0.3, 0.4) is 0 Å². The lowest BCUT2D eigenvalue weighted by atomic mass is 9.95. The molecule has 106 valence electrons. The van der Waals surface area contributed by atoms with Crippen molar-refractivity contribution in [3.05, 3.63) is 20.8 Å². The number of aryl methyl sites for hydroxylation is 1. The Bertz CT molecular complexity index is 421. The van der Waals surface area contributed by atoms with Crippen molar-refractivity contribution in [2.45, 2.75) is 38.6 Å². The number of carbonyl (C=O) groups excluding carboxylic acids is 1. The molecule has 5 heteroatoms. The van der Waals surface area contributed by atoms with Crippen molar-refractivity contribution in [3.63, 3.8) is 0 Å². The van der Waals surface area contributed by atoms with Crippen molar-refractivity contribution < 1.29 is 4.79 Å². The predicted molar refractivity (Wildman–Crippen MR) is 83.5 cm³/mol. The lowest BCUT2D eigenvalue weighted by Crippen LogP contribution is -2.48. The van der Waals surface area contributed by atoms with Gasteiger partial charge in [0.2, 0.25) is 5.91 Å². The Balaban J connectivity index is 1.66. The molecule has 2 rings (SSSR count). The van der Waals surface area contributed by atoms with Gasteiger partial charge in [-0.3, -0.25) is 4.79 Å². The first kappa shape index (κ1) is 15.0. The van der Waals surface area contributed by atoms with Crippen molar-refractivity contribution >= 4 is 33.2 Å². The minimum atomic E-state index is 0.203. The molecule has 2 unspecified atom stereocenters. The number of carbonyl (C=O) groups is 1. The summed E-state index contributed by atoms with van der Waals surface area (Å²) in [5.41, 5.74) is 0. The van der Waals surface area contributed by atoms with Crippen LogP contribution in [0.15, 0.2) is 15.9 Å². The summed E-state index contributed by atoms with van der Waals surface area (Å²) in [7, 11) is 0. The normalized spacial score (nSPS) is 23.3. The van der Waals surface area contributed by atoms with Gasteiger partial charge >= 0.3 is 0 Å². The SMILES string of the molecule is CC1CNCCC1NC(=O)CCCc1ccc(Br)s1. The van der Waals surface area contributed by atoms with E-state index in [2.05, 4.69) is 45.6 Å². The molecule has 2 atom stereocenters. The summed E-state index contributed by atoms with van der Waals surface area (Å²) >= 11 is 5.21. The van der Waals surface area contributed by atoms with Crippen LogP contribution in [0.2, 0.25) is 0 Å². The fraction of sp³-hybridized carbons (Fsp3) is 0.643. The molecule has 0 bridgehead atoms. The molecule has 1 saturated heterocycles. The fourth-order valence-electron chi connectivity index (χ4n) is 2.42. The number of rotatable bonds is 5. The quantitative estimate of drug-likeness (QED) is 0.862.